The molecule has 0 spiro atoms. The predicted molar refractivity (Wildman–Crippen MR) is 104 cm³/mol. The molecule has 0 saturated heterocycles. The van der Waals surface area contributed by atoms with Crippen LogP contribution in [-0.2, 0) is 12.8 Å². The maximum absolute atomic E-state index is 2.33. The summed E-state index contributed by atoms with van der Waals surface area (Å²) in [5.41, 5.74) is 4.12. The number of rotatable bonds is 7. The summed E-state index contributed by atoms with van der Waals surface area (Å²) >= 11 is 0. The van der Waals surface area contributed by atoms with Crippen molar-refractivity contribution in [3.05, 3.63) is 114 Å². The van der Waals surface area contributed by atoms with Crippen molar-refractivity contribution in [3.63, 3.8) is 0 Å². The highest BCUT2D eigenvalue weighted by Gasteiger charge is 2.09. The Bertz CT molecular complexity index is 685. The molecule has 0 aromatic heterocycles. The molecule has 0 heteroatoms. The molecule has 0 nitrogen and oxygen atoms in total. The van der Waals surface area contributed by atoms with E-state index in [9.17, 15) is 0 Å². The van der Waals surface area contributed by atoms with E-state index in [0.29, 0.717) is 5.92 Å². The lowest BCUT2D eigenvalue weighted by Gasteiger charge is -2.15. The van der Waals surface area contributed by atoms with Gasteiger partial charge in [0.15, 0.2) is 0 Å². The Morgan fingerprint density at radius 2 is 1.04 bits per heavy atom. The van der Waals surface area contributed by atoms with Crippen LogP contribution in [0.15, 0.2) is 97.1 Å². The van der Waals surface area contributed by atoms with Gasteiger partial charge in [0.05, 0.1) is 0 Å². The van der Waals surface area contributed by atoms with Crippen molar-refractivity contribution < 1.29 is 0 Å². The second-order valence-electron chi connectivity index (χ2n) is 6.29. The fourth-order valence-electron chi connectivity index (χ4n) is 3.09. The topological polar surface area (TPSA) is 0 Å². The van der Waals surface area contributed by atoms with Gasteiger partial charge in [-0.15, -0.1) is 0 Å². The minimum Gasteiger partial charge on any atom is -0.0836 e. The third-order valence-corrected chi connectivity index (χ3v) is 4.31. The second-order valence-corrected chi connectivity index (χ2v) is 6.29. The van der Waals surface area contributed by atoms with Gasteiger partial charge in [-0.1, -0.05) is 103 Å². The van der Waals surface area contributed by atoms with Crippen LogP contribution in [0.4, 0.5) is 0 Å². The molecule has 0 aliphatic carbocycles. The maximum atomic E-state index is 2.33. The van der Waals surface area contributed by atoms with Gasteiger partial charge in [0, 0.05) is 0 Å². The van der Waals surface area contributed by atoms with E-state index >= 15 is 0 Å². The molecule has 0 unspecified atom stereocenters. The first-order valence-corrected chi connectivity index (χ1v) is 8.69. The van der Waals surface area contributed by atoms with E-state index < -0.39 is 0 Å². The van der Waals surface area contributed by atoms with Gasteiger partial charge >= 0.3 is 0 Å². The van der Waals surface area contributed by atoms with Gasteiger partial charge in [0.1, 0.15) is 0 Å². The summed E-state index contributed by atoms with van der Waals surface area (Å²) in [7, 11) is 0. The Hall–Kier alpha value is -2.60. The maximum Gasteiger partial charge on any atom is -0.0244 e. The Kier molecular flexibility index (Phi) is 6.02. The molecule has 120 valence electrons. The molecule has 0 N–H and O–H groups in total. The molecular formula is C24H24. The molecule has 0 heterocycles. The monoisotopic (exact) mass is 312 g/mol. The Morgan fingerprint density at radius 3 is 1.54 bits per heavy atom. The van der Waals surface area contributed by atoms with Crippen LogP contribution in [0.1, 0.15) is 23.1 Å². The molecule has 0 fully saturated rings. The summed E-state index contributed by atoms with van der Waals surface area (Å²) in [5.74, 6) is 0.620. The van der Waals surface area contributed by atoms with Crippen LogP contribution in [-0.4, -0.2) is 0 Å². The van der Waals surface area contributed by atoms with Gasteiger partial charge in [0.2, 0.25) is 0 Å². The molecule has 0 amide bonds. The third kappa shape index (κ3) is 5.24. The minimum absolute atomic E-state index is 0.620. The zero-order valence-electron chi connectivity index (χ0n) is 14.0. The van der Waals surface area contributed by atoms with Crippen molar-refractivity contribution in [2.75, 3.05) is 0 Å². The lowest BCUT2D eigenvalue weighted by atomic mass is 9.89. The van der Waals surface area contributed by atoms with Crippen LogP contribution in [0.2, 0.25) is 0 Å². The summed E-state index contributed by atoms with van der Waals surface area (Å²) in [5, 5.41) is 0. The fraction of sp³-hybridized carbons (Fsp3) is 0.167. The van der Waals surface area contributed by atoms with Crippen molar-refractivity contribution in [2.24, 2.45) is 5.92 Å². The fourth-order valence-corrected chi connectivity index (χ4v) is 3.09. The zero-order chi connectivity index (χ0) is 16.5. The zero-order valence-corrected chi connectivity index (χ0v) is 14.0. The molecule has 0 radical (unpaired) electrons. The highest BCUT2D eigenvalue weighted by Crippen LogP contribution is 2.19. The van der Waals surface area contributed by atoms with E-state index in [4.69, 9.17) is 0 Å². The Morgan fingerprint density at radius 1 is 0.583 bits per heavy atom. The normalized spacial score (nSPS) is 11.2. The number of hydrogen-bond acceptors (Lipinski definition) is 0. The van der Waals surface area contributed by atoms with Crippen LogP contribution in [0, 0.1) is 5.92 Å². The highest BCUT2D eigenvalue weighted by atomic mass is 14.1. The molecular weight excluding hydrogens is 288 g/mol. The van der Waals surface area contributed by atoms with Crippen molar-refractivity contribution in [1.82, 2.24) is 0 Å². The quantitative estimate of drug-likeness (QED) is 0.488. The minimum atomic E-state index is 0.620. The van der Waals surface area contributed by atoms with Gasteiger partial charge in [-0.05, 0) is 41.9 Å². The Balaban J connectivity index is 1.68. The van der Waals surface area contributed by atoms with E-state index in [0.717, 1.165) is 19.3 Å². The van der Waals surface area contributed by atoms with E-state index in [-0.39, 0.29) is 0 Å². The van der Waals surface area contributed by atoms with E-state index in [1.165, 1.54) is 16.7 Å². The van der Waals surface area contributed by atoms with Crippen LogP contribution >= 0.6 is 0 Å². The van der Waals surface area contributed by atoms with Crippen LogP contribution in [0.5, 0.6) is 0 Å². The second kappa shape index (κ2) is 8.88. The van der Waals surface area contributed by atoms with E-state index in [1.54, 1.807) is 0 Å². The largest absolute Gasteiger partial charge is 0.0836 e. The first-order valence-electron chi connectivity index (χ1n) is 8.69. The molecule has 3 rings (SSSR count). The summed E-state index contributed by atoms with van der Waals surface area (Å²) in [6, 6.07) is 32.2. The van der Waals surface area contributed by atoms with Crippen LogP contribution < -0.4 is 0 Å². The van der Waals surface area contributed by atoms with Gasteiger partial charge < -0.3 is 0 Å². The predicted octanol–water partition coefficient (Wildman–Crippen LogP) is 6.19. The molecule has 0 saturated carbocycles. The van der Waals surface area contributed by atoms with Crippen molar-refractivity contribution in [1.29, 1.82) is 0 Å². The van der Waals surface area contributed by atoms with Crippen LogP contribution in [0.25, 0.3) is 6.08 Å². The average molecular weight is 312 g/mol. The number of allylic oxidation sites excluding steroid dienone is 1. The van der Waals surface area contributed by atoms with Gasteiger partial charge in [-0.2, -0.15) is 0 Å². The van der Waals surface area contributed by atoms with Gasteiger partial charge in [-0.3, -0.25) is 0 Å². The lowest BCUT2D eigenvalue weighted by molar-refractivity contribution is 0.529. The summed E-state index contributed by atoms with van der Waals surface area (Å²) < 4.78 is 0. The van der Waals surface area contributed by atoms with E-state index in [1.807, 2.05) is 0 Å². The smallest absolute Gasteiger partial charge is 0.0244 e. The van der Waals surface area contributed by atoms with Crippen molar-refractivity contribution in [3.8, 4) is 0 Å². The molecule has 24 heavy (non-hydrogen) atoms. The van der Waals surface area contributed by atoms with Crippen molar-refractivity contribution in [2.45, 2.75) is 19.3 Å². The first-order chi connectivity index (χ1) is 11.9. The highest BCUT2D eigenvalue weighted by molar-refractivity contribution is 5.48. The molecule has 0 atom stereocenters. The van der Waals surface area contributed by atoms with Crippen molar-refractivity contribution >= 4 is 6.08 Å². The standard InChI is InChI=1S/C24H24/c1-4-11-21(12-5-1)17-10-18-24(19-22-13-6-2-7-14-22)20-23-15-8-3-9-16-23/h1-17,24H,18-20H2/b17-10+. The summed E-state index contributed by atoms with van der Waals surface area (Å²) in [6.45, 7) is 0. The van der Waals surface area contributed by atoms with E-state index in [2.05, 4.69) is 103 Å². The molecule has 0 bridgehead atoms. The molecule has 0 aliphatic rings. The Labute approximate surface area is 145 Å². The van der Waals surface area contributed by atoms with Crippen LogP contribution in [0.3, 0.4) is 0 Å². The molecule has 3 aromatic carbocycles. The number of hydrogen-bond donors (Lipinski definition) is 0. The first kappa shape index (κ1) is 16.3. The number of benzene rings is 3. The lowest BCUT2D eigenvalue weighted by Crippen LogP contribution is -2.07. The van der Waals surface area contributed by atoms with Gasteiger partial charge in [0.25, 0.3) is 0 Å². The van der Waals surface area contributed by atoms with Gasteiger partial charge in [-0.25, -0.2) is 0 Å². The summed E-state index contributed by atoms with van der Waals surface area (Å²) in [6.07, 6.45) is 7.90. The SMILES string of the molecule is C(=C\c1ccccc1)/CC(Cc1ccccc1)Cc1ccccc1. The molecule has 3 aromatic rings. The molecule has 0 aliphatic heterocycles. The third-order valence-electron chi connectivity index (χ3n) is 4.31. The summed E-state index contributed by atoms with van der Waals surface area (Å²) in [4.78, 5) is 0. The average Bonchev–Trinajstić information content (AvgIpc) is 2.64.